The lowest BCUT2D eigenvalue weighted by Gasteiger charge is -2.19. The zero-order valence-corrected chi connectivity index (χ0v) is 16.6. The largest absolute Gasteiger partial charge is 0.481 e. The average Bonchev–Trinajstić information content (AvgIpc) is 3.19. The number of amides is 1. The molecule has 2 heterocycles. The maximum absolute atomic E-state index is 13.5. The fraction of sp³-hybridized carbons (Fsp3) is 0.292. The lowest BCUT2D eigenvalue weighted by Crippen LogP contribution is -2.30. The van der Waals surface area contributed by atoms with Crippen LogP contribution in [0, 0.1) is 5.92 Å². The smallest absolute Gasteiger partial charge is 0.308 e. The Kier molecular flexibility index (Phi) is 5.05. The molecule has 5 heteroatoms. The first kappa shape index (κ1) is 19.1. The molecule has 1 saturated heterocycles. The predicted molar refractivity (Wildman–Crippen MR) is 112 cm³/mol. The van der Waals surface area contributed by atoms with E-state index in [1.54, 1.807) is 4.90 Å². The molecule has 0 saturated carbocycles. The van der Waals surface area contributed by atoms with Gasteiger partial charge in [-0.05, 0) is 23.6 Å². The first-order valence-electron chi connectivity index (χ1n) is 9.92. The van der Waals surface area contributed by atoms with E-state index in [-0.39, 0.29) is 24.3 Å². The highest BCUT2D eigenvalue weighted by Crippen LogP contribution is 2.34. The molecular weight excluding hydrogens is 364 g/mol. The molecule has 1 aromatic heterocycles. The fourth-order valence-corrected chi connectivity index (χ4v) is 4.10. The number of para-hydroxylation sites is 1. The number of aromatic nitrogens is 1. The van der Waals surface area contributed by atoms with Crippen molar-refractivity contribution in [1.82, 2.24) is 9.88 Å². The number of likely N-dealkylation sites (tertiary alicyclic amines) is 1. The lowest BCUT2D eigenvalue weighted by molar-refractivity contribution is -0.141. The van der Waals surface area contributed by atoms with Crippen molar-refractivity contribution in [1.29, 1.82) is 0 Å². The molecule has 2 aromatic carbocycles. The number of fused-ring (bicyclic) bond motifs is 1. The second kappa shape index (κ2) is 7.66. The Hall–Kier alpha value is -3.21. The molecule has 0 aliphatic carbocycles. The summed E-state index contributed by atoms with van der Waals surface area (Å²) < 4.78 is 0. The molecule has 1 aliphatic heterocycles. The van der Waals surface area contributed by atoms with E-state index in [2.05, 4.69) is 4.98 Å². The molecule has 2 atom stereocenters. The summed E-state index contributed by atoms with van der Waals surface area (Å²) in [7, 11) is 0. The highest BCUT2D eigenvalue weighted by molar-refractivity contribution is 6.06. The number of hydrogen-bond acceptors (Lipinski definition) is 3. The number of carboxylic acid groups (broad SMARTS) is 1. The summed E-state index contributed by atoms with van der Waals surface area (Å²) in [4.78, 5) is 31.8. The number of aliphatic carboxylic acids is 1. The second-order valence-corrected chi connectivity index (χ2v) is 7.94. The molecule has 1 amide bonds. The Labute approximate surface area is 170 Å². The molecule has 5 nitrogen and oxygen atoms in total. The van der Waals surface area contributed by atoms with Gasteiger partial charge >= 0.3 is 5.97 Å². The zero-order chi connectivity index (χ0) is 20.5. The summed E-state index contributed by atoms with van der Waals surface area (Å²) in [5, 5.41) is 10.6. The van der Waals surface area contributed by atoms with Crippen molar-refractivity contribution in [3.63, 3.8) is 0 Å². The minimum Gasteiger partial charge on any atom is -0.481 e. The standard InChI is InChI=1S/C24H24N2O3/c1-15(2)22-12-18(17-10-6-7-11-21(17)25-22)23(27)26-13-19(20(14-26)24(28)29)16-8-4-3-5-9-16/h3-12,15,19-20H,13-14H2,1-2H3,(H,28,29)/t19-,20-/m0/s1. The van der Waals surface area contributed by atoms with Crippen molar-refractivity contribution in [3.05, 3.63) is 77.5 Å². The molecule has 29 heavy (non-hydrogen) atoms. The molecule has 4 rings (SSSR count). The maximum atomic E-state index is 13.5. The number of pyridine rings is 1. The molecule has 148 valence electrons. The van der Waals surface area contributed by atoms with Crippen LogP contribution < -0.4 is 0 Å². The van der Waals surface area contributed by atoms with Crippen LogP contribution in [0.25, 0.3) is 10.9 Å². The summed E-state index contributed by atoms with van der Waals surface area (Å²) in [6, 6.07) is 19.1. The minimum absolute atomic E-state index is 0.129. The van der Waals surface area contributed by atoms with Crippen molar-refractivity contribution < 1.29 is 14.7 Å². The molecule has 0 bridgehead atoms. The van der Waals surface area contributed by atoms with E-state index in [1.165, 1.54) is 0 Å². The van der Waals surface area contributed by atoms with Crippen LogP contribution in [-0.2, 0) is 4.79 Å². The Morgan fingerprint density at radius 2 is 1.72 bits per heavy atom. The predicted octanol–water partition coefficient (Wildman–Crippen LogP) is 4.30. The van der Waals surface area contributed by atoms with Gasteiger partial charge in [0.2, 0.25) is 0 Å². The summed E-state index contributed by atoms with van der Waals surface area (Å²) in [5.74, 6) is -1.63. The molecule has 1 N–H and O–H groups in total. The van der Waals surface area contributed by atoms with Gasteiger partial charge in [-0.1, -0.05) is 62.4 Å². The SMILES string of the molecule is CC(C)c1cc(C(=O)N2C[C@H](C(=O)O)[C@H](c3ccccc3)C2)c2ccccc2n1. The highest BCUT2D eigenvalue weighted by Gasteiger charge is 2.41. The second-order valence-electron chi connectivity index (χ2n) is 7.94. The van der Waals surface area contributed by atoms with Gasteiger partial charge in [0, 0.05) is 30.1 Å². The van der Waals surface area contributed by atoms with Crippen LogP contribution in [0.1, 0.15) is 47.3 Å². The monoisotopic (exact) mass is 388 g/mol. The lowest BCUT2D eigenvalue weighted by atomic mass is 9.89. The van der Waals surface area contributed by atoms with Crippen LogP contribution in [0.5, 0.6) is 0 Å². The topological polar surface area (TPSA) is 70.5 Å². The van der Waals surface area contributed by atoms with E-state index in [0.717, 1.165) is 22.2 Å². The van der Waals surface area contributed by atoms with Gasteiger partial charge < -0.3 is 10.0 Å². The molecular formula is C24H24N2O3. The van der Waals surface area contributed by atoms with Crippen LogP contribution in [-0.4, -0.2) is 40.0 Å². The average molecular weight is 388 g/mol. The van der Waals surface area contributed by atoms with Gasteiger partial charge in [-0.25, -0.2) is 0 Å². The van der Waals surface area contributed by atoms with Gasteiger partial charge in [-0.15, -0.1) is 0 Å². The minimum atomic E-state index is -0.864. The van der Waals surface area contributed by atoms with Crippen LogP contribution in [0.3, 0.4) is 0 Å². The zero-order valence-electron chi connectivity index (χ0n) is 16.6. The number of nitrogens with zero attached hydrogens (tertiary/aromatic N) is 2. The Morgan fingerprint density at radius 3 is 2.41 bits per heavy atom. The van der Waals surface area contributed by atoms with Crippen molar-refractivity contribution in [2.75, 3.05) is 13.1 Å². The number of benzene rings is 2. The first-order valence-corrected chi connectivity index (χ1v) is 9.92. The van der Waals surface area contributed by atoms with Crippen LogP contribution in [0.15, 0.2) is 60.7 Å². The molecule has 3 aromatic rings. The maximum Gasteiger partial charge on any atom is 0.308 e. The van der Waals surface area contributed by atoms with Crippen molar-refractivity contribution >= 4 is 22.8 Å². The van der Waals surface area contributed by atoms with Crippen molar-refractivity contribution in [3.8, 4) is 0 Å². The van der Waals surface area contributed by atoms with Crippen molar-refractivity contribution in [2.45, 2.75) is 25.7 Å². The van der Waals surface area contributed by atoms with E-state index in [4.69, 9.17) is 0 Å². The number of carbonyl (C=O) groups is 2. The van der Waals surface area contributed by atoms with E-state index in [0.29, 0.717) is 12.1 Å². The summed E-state index contributed by atoms with van der Waals surface area (Å²) in [6.07, 6.45) is 0. The van der Waals surface area contributed by atoms with Gasteiger partial charge in [-0.2, -0.15) is 0 Å². The number of carboxylic acids is 1. The molecule has 1 aliphatic rings. The van der Waals surface area contributed by atoms with Crippen molar-refractivity contribution in [2.24, 2.45) is 5.92 Å². The van der Waals surface area contributed by atoms with Gasteiger partial charge in [0.25, 0.3) is 5.91 Å². The Balaban J connectivity index is 1.72. The molecule has 0 radical (unpaired) electrons. The number of hydrogen-bond donors (Lipinski definition) is 1. The fourth-order valence-electron chi connectivity index (χ4n) is 4.10. The van der Waals surface area contributed by atoms with E-state index in [9.17, 15) is 14.7 Å². The quantitative estimate of drug-likeness (QED) is 0.723. The normalized spacial score (nSPS) is 19.1. The highest BCUT2D eigenvalue weighted by atomic mass is 16.4. The third kappa shape index (κ3) is 3.60. The van der Waals surface area contributed by atoms with E-state index >= 15 is 0 Å². The molecule has 0 unspecified atom stereocenters. The van der Waals surface area contributed by atoms with Gasteiger partial charge in [0.1, 0.15) is 0 Å². The molecule has 0 spiro atoms. The van der Waals surface area contributed by atoms with Gasteiger partial charge in [-0.3, -0.25) is 14.6 Å². The molecule has 1 fully saturated rings. The Morgan fingerprint density at radius 1 is 1.03 bits per heavy atom. The number of rotatable bonds is 4. The first-order chi connectivity index (χ1) is 14.0. The van der Waals surface area contributed by atoms with Crippen LogP contribution >= 0.6 is 0 Å². The van der Waals surface area contributed by atoms with E-state index in [1.807, 2.05) is 74.5 Å². The third-order valence-electron chi connectivity index (χ3n) is 5.71. The van der Waals surface area contributed by atoms with Crippen LogP contribution in [0.2, 0.25) is 0 Å². The van der Waals surface area contributed by atoms with E-state index < -0.39 is 11.9 Å². The summed E-state index contributed by atoms with van der Waals surface area (Å²) in [6.45, 7) is 4.70. The summed E-state index contributed by atoms with van der Waals surface area (Å²) in [5.41, 5.74) is 3.20. The summed E-state index contributed by atoms with van der Waals surface area (Å²) >= 11 is 0. The Bertz CT molecular complexity index is 1060. The van der Waals surface area contributed by atoms with Gasteiger partial charge in [0.15, 0.2) is 0 Å². The van der Waals surface area contributed by atoms with Gasteiger partial charge in [0.05, 0.1) is 17.0 Å². The number of carbonyl (C=O) groups excluding carboxylic acids is 1. The van der Waals surface area contributed by atoms with Crippen LogP contribution in [0.4, 0.5) is 0 Å². The third-order valence-corrected chi connectivity index (χ3v) is 5.71.